The first-order valence-corrected chi connectivity index (χ1v) is 4.58. The second kappa shape index (κ2) is 3.65. The van der Waals surface area contributed by atoms with Gasteiger partial charge in [0, 0.05) is 15.1 Å². The smallest absolute Gasteiger partial charge is 0.271 e. The molecule has 2 nitrogen and oxygen atoms in total. The molecule has 0 spiro atoms. The van der Waals surface area contributed by atoms with E-state index in [-0.39, 0.29) is 5.69 Å². The predicted molar refractivity (Wildman–Crippen MR) is 49.8 cm³/mol. The summed E-state index contributed by atoms with van der Waals surface area (Å²) in [5.41, 5.74) is 0.231. The SMILES string of the molecule is O=C(Cl)c1ncc(Br)cc1Br. The van der Waals surface area contributed by atoms with Gasteiger partial charge in [0.25, 0.3) is 5.24 Å². The zero-order chi connectivity index (χ0) is 8.43. The van der Waals surface area contributed by atoms with Gasteiger partial charge in [0.15, 0.2) is 0 Å². The zero-order valence-electron chi connectivity index (χ0n) is 5.14. The van der Waals surface area contributed by atoms with Crippen LogP contribution in [0, 0.1) is 0 Å². The number of hydrogen-bond donors (Lipinski definition) is 0. The Morgan fingerprint density at radius 2 is 2.18 bits per heavy atom. The largest absolute Gasteiger partial charge is 0.274 e. The van der Waals surface area contributed by atoms with Crippen LogP contribution in [0.2, 0.25) is 0 Å². The first-order valence-electron chi connectivity index (χ1n) is 2.62. The molecule has 11 heavy (non-hydrogen) atoms. The summed E-state index contributed by atoms with van der Waals surface area (Å²) in [6.45, 7) is 0. The Hall–Kier alpha value is 0.0700. The van der Waals surface area contributed by atoms with E-state index < -0.39 is 5.24 Å². The summed E-state index contributed by atoms with van der Waals surface area (Å²) >= 11 is 11.6. The molecule has 0 fully saturated rings. The van der Waals surface area contributed by atoms with E-state index in [1.54, 1.807) is 6.07 Å². The second-order valence-electron chi connectivity index (χ2n) is 1.76. The lowest BCUT2D eigenvalue weighted by atomic mass is 10.4. The van der Waals surface area contributed by atoms with Crippen molar-refractivity contribution in [2.75, 3.05) is 0 Å². The summed E-state index contributed by atoms with van der Waals surface area (Å²) in [5.74, 6) is 0. The minimum atomic E-state index is -0.565. The molecule has 1 aromatic heterocycles. The molecule has 1 heterocycles. The molecule has 0 aliphatic rings. The normalized spacial score (nSPS) is 9.73. The zero-order valence-corrected chi connectivity index (χ0v) is 9.07. The fourth-order valence-corrected chi connectivity index (χ4v) is 1.99. The Morgan fingerprint density at radius 1 is 1.55 bits per heavy atom. The topological polar surface area (TPSA) is 30.0 Å². The Morgan fingerprint density at radius 3 is 2.64 bits per heavy atom. The molecular formula is C6H2Br2ClNO. The summed E-state index contributed by atoms with van der Waals surface area (Å²) < 4.78 is 1.39. The molecule has 0 aliphatic carbocycles. The highest BCUT2D eigenvalue weighted by Crippen LogP contribution is 2.20. The summed E-state index contributed by atoms with van der Waals surface area (Å²) in [5, 5.41) is -0.565. The highest BCUT2D eigenvalue weighted by atomic mass is 79.9. The van der Waals surface area contributed by atoms with Crippen LogP contribution >= 0.6 is 43.5 Å². The van der Waals surface area contributed by atoms with E-state index >= 15 is 0 Å². The van der Waals surface area contributed by atoms with Crippen LogP contribution in [0.15, 0.2) is 21.2 Å². The Bertz CT molecular complexity index is 303. The molecule has 1 aromatic rings. The number of carbonyl (C=O) groups is 1. The third-order valence-corrected chi connectivity index (χ3v) is 2.21. The number of carbonyl (C=O) groups excluding carboxylic acids is 1. The van der Waals surface area contributed by atoms with Crippen molar-refractivity contribution in [2.24, 2.45) is 0 Å². The lowest BCUT2D eigenvalue weighted by molar-refractivity contribution is 0.107. The average molecular weight is 299 g/mol. The van der Waals surface area contributed by atoms with Gasteiger partial charge in [0.2, 0.25) is 0 Å². The Labute approximate surface area is 85.2 Å². The van der Waals surface area contributed by atoms with Gasteiger partial charge < -0.3 is 0 Å². The minimum absolute atomic E-state index is 0.231. The van der Waals surface area contributed by atoms with Gasteiger partial charge in [-0.05, 0) is 49.5 Å². The summed E-state index contributed by atoms with van der Waals surface area (Å²) in [6.07, 6.45) is 1.51. The molecule has 0 saturated carbocycles. The molecule has 0 N–H and O–H groups in total. The van der Waals surface area contributed by atoms with E-state index in [0.717, 1.165) is 4.47 Å². The summed E-state index contributed by atoms with van der Waals surface area (Å²) in [4.78, 5) is 14.4. The number of halogens is 3. The molecular weight excluding hydrogens is 297 g/mol. The van der Waals surface area contributed by atoms with Crippen molar-refractivity contribution in [3.05, 3.63) is 26.9 Å². The van der Waals surface area contributed by atoms with Crippen LogP contribution in [0.25, 0.3) is 0 Å². The van der Waals surface area contributed by atoms with Gasteiger partial charge in [-0.1, -0.05) is 0 Å². The fraction of sp³-hybridized carbons (Fsp3) is 0. The van der Waals surface area contributed by atoms with Crippen LogP contribution in [0.3, 0.4) is 0 Å². The quantitative estimate of drug-likeness (QED) is 0.746. The number of rotatable bonds is 1. The third-order valence-electron chi connectivity index (χ3n) is 0.994. The molecule has 0 saturated heterocycles. The summed E-state index contributed by atoms with van der Waals surface area (Å²) in [7, 11) is 0. The standard InChI is InChI=1S/C6H2Br2ClNO/c7-3-1-4(8)5(6(9)11)10-2-3/h1-2H. The predicted octanol–water partition coefficient (Wildman–Crippen LogP) is 2.99. The fourth-order valence-electron chi connectivity index (χ4n) is 0.559. The van der Waals surface area contributed by atoms with E-state index in [1.807, 2.05) is 0 Å². The van der Waals surface area contributed by atoms with Crippen molar-refractivity contribution < 1.29 is 4.79 Å². The molecule has 1 rings (SSSR count). The molecule has 0 amide bonds. The van der Waals surface area contributed by atoms with Crippen LogP contribution in [0.4, 0.5) is 0 Å². The van der Waals surface area contributed by atoms with Crippen LogP contribution in [0.5, 0.6) is 0 Å². The van der Waals surface area contributed by atoms with Gasteiger partial charge in [-0.2, -0.15) is 0 Å². The molecule has 5 heteroatoms. The first kappa shape index (κ1) is 9.16. The minimum Gasteiger partial charge on any atom is -0.274 e. The summed E-state index contributed by atoms with van der Waals surface area (Å²) in [6, 6.07) is 1.71. The van der Waals surface area contributed by atoms with Crippen molar-refractivity contribution in [2.45, 2.75) is 0 Å². The molecule has 0 bridgehead atoms. The van der Waals surface area contributed by atoms with Crippen molar-refractivity contribution in [3.63, 3.8) is 0 Å². The van der Waals surface area contributed by atoms with E-state index in [4.69, 9.17) is 11.6 Å². The highest BCUT2D eigenvalue weighted by Gasteiger charge is 2.07. The van der Waals surface area contributed by atoms with E-state index in [1.165, 1.54) is 6.20 Å². The molecule has 58 valence electrons. The highest BCUT2D eigenvalue weighted by molar-refractivity contribution is 9.11. The maximum Gasteiger partial charge on any atom is 0.271 e. The maximum absolute atomic E-state index is 10.6. The lowest BCUT2D eigenvalue weighted by Crippen LogP contribution is -1.94. The van der Waals surface area contributed by atoms with E-state index in [0.29, 0.717) is 4.47 Å². The van der Waals surface area contributed by atoms with Crippen LogP contribution in [0.1, 0.15) is 10.5 Å². The second-order valence-corrected chi connectivity index (χ2v) is 3.87. The van der Waals surface area contributed by atoms with E-state index in [2.05, 4.69) is 36.8 Å². The molecule has 0 aliphatic heterocycles. The molecule has 0 radical (unpaired) electrons. The van der Waals surface area contributed by atoms with Crippen LogP contribution in [-0.2, 0) is 0 Å². The Kier molecular flexibility index (Phi) is 3.04. The van der Waals surface area contributed by atoms with Gasteiger partial charge >= 0.3 is 0 Å². The molecule has 0 aromatic carbocycles. The van der Waals surface area contributed by atoms with Gasteiger partial charge in [0.1, 0.15) is 5.69 Å². The number of nitrogens with zero attached hydrogens (tertiary/aromatic N) is 1. The van der Waals surface area contributed by atoms with Gasteiger partial charge in [-0.15, -0.1) is 0 Å². The monoisotopic (exact) mass is 297 g/mol. The van der Waals surface area contributed by atoms with Gasteiger partial charge in [-0.25, -0.2) is 4.98 Å². The number of hydrogen-bond acceptors (Lipinski definition) is 2. The average Bonchev–Trinajstić information content (AvgIpc) is 1.85. The van der Waals surface area contributed by atoms with Crippen molar-refractivity contribution in [3.8, 4) is 0 Å². The number of pyridine rings is 1. The Balaban J connectivity index is 3.20. The maximum atomic E-state index is 10.6. The third kappa shape index (κ3) is 2.25. The van der Waals surface area contributed by atoms with Crippen molar-refractivity contribution in [1.82, 2.24) is 4.98 Å². The van der Waals surface area contributed by atoms with Gasteiger partial charge in [-0.3, -0.25) is 4.79 Å². The van der Waals surface area contributed by atoms with Crippen LogP contribution in [-0.4, -0.2) is 10.2 Å². The van der Waals surface area contributed by atoms with Crippen molar-refractivity contribution in [1.29, 1.82) is 0 Å². The molecule has 0 unspecified atom stereocenters. The van der Waals surface area contributed by atoms with E-state index in [9.17, 15) is 4.79 Å². The lowest BCUT2D eigenvalue weighted by Gasteiger charge is -1.96. The number of aromatic nitrogens is 1. The van der Waals surface area contributed by atoms with Crippen molar-refractivity contribution >= 4 is 48.7 Å². The molecule has 0 atom stereocenters. The van der Waals surface area contributed by atoms with Crippen LogP contribution < -0.4 is 0 Å². The first-order chi connectivity index (χ1) is 5.11. The van der Waals surface area contributed by atoms with Gasteiger partial charge in [0.05, 0.1) is 0 Å².